The van der Waals surface area contributed by atoms with E-state index in [1.807, 2.05) is 31.2 Å². The maximum absolute atomic E-state index is 9.51. The summed E-state index contributed by atoms with van der Waals surface area (Å²) in [5, 5.41) is 10.2. The standard InChI is InChI=1S/C17H27ClN2O2/c1-14-12-19(8-9-20(14)13-15(2)21)7-4-10-22-17-6-3-5-16(18)11-17/h3,5-6,11,14-15,21H,4,7-10,12-13H2,1-2H3/t14-,15+/m1/s1. The van der Waals surface area contributed by atoms with Crippen LogP contribution in [0.3, 0.4) is 0 Å². The monoisotopic (exact) mass is 326 g/mol. The second-order valence-corrected chi connectivity index (χ2v) is 6.59. The van der Waals surface area contributed by atoms with Gasteiger partial charge in [0.2, 0.25) is 0 Å². The number of piperazine rings is 1. The highest BCUT2D eigenvalue weighted by atomic mass is 35.5. The van der Waals surface area contributed by atoms with E-state index in [4.69, 9.17) is 16.3 Å². The molecule has 1 aromatic carbocycles. The highest BCUT2D eigenvalue weighted by molar-refractivity contribution is 6.30. The fourth-order valence-corrected chi connectivity index (χ4v) is 3.10. The lowest BCUT2D eigenvalue weighted by molar-refractivity contribution is 0.0435. The van der Waals surface area contributed by atoms with E-state index in [1.165, 1.54) is 0 Å². The molecule has 0 amide bonds. The fraction of sp³-hybridized carbons (Fsp3) is 0.647. The average molecular weight is 327 g/mol. The van der Waals surface area contributed by atoms with Crippen molar-refractivity contribution in [2.24, 2.45) is 0 Å². The molecule has 1 aromatic rings. The number of aliphatic hydroxyl groups excluding tert-OH is 1. The normalized spacial score (nSPS) is 21.7. The Morgan fingerprint density at radius 1 is 1.41 bits per heavy atom. The first kappa shape index (κ1) is 17.5. The van der Waals surface area contributed by atoms with Gasteiger partial charge in [-0.05, 0) is 38.5 Å². The van der Waals surface area contributed by atoms with E-state index < -0.39 is 0 Å². The second-order valence-electron chi connectivity index (χ2n) is 6.15. The van der Waals surface area contributed by atoms with Crippen molar-refractivity contribution in [1.29, 1.82) is 0 Å². The van der Waals surface area contributed by atoms with E-state index >= 15 is 0 Å². The molecule has 1 saturated heterocycles. The third-order valence-corrected chi connectivity index (χ3v) is 4.27. The van der Waals surface area contributed by atoms with Crippen LogP contribution in [0.4, 0.5) is 0 Å². The molecule has 1 heterocycles. The SMILES string of the molecule is C[C@H](O)CN1CCN(CCCOc2cccc(Cl)c2)C[C@H]1C. The van der Waals surface area contributed by atoms with Gasteiger partial charge < -0.3 is 14.7 Å². The first-order valence-electron chi connectivity index (χ1n) is 8.07. The van der Waals surface area contributed by atoms with Gasteiger partial charge in [-0.25, -0.2) is 0 Å². The molecule has 0 aromatic heterocycles. The Morgan fingerprint density at radius 3 is 2.91 bits per heavy atom. The Hall–Kier alpha value is -0.810. The van der Waals surface area contributed by atoms with Crippen molar-refractivity contribution in [3.05, 3.63) is 29.3 Å². The van der Waals surface area contributed by atoms with Crippen LogP contribution in [0.15, 0.2) is 24.3 Å². The van der Waals surface area contributed by atoms with Crippen molar-refractivity contribution in [3.8, 4) is 5.75 Å². The molecule has 2 atom stereocenters. The summed E-state index contributed by atoms with van der Waals surface area (Å²) < 4.78 is 5.72. The molecule has 0 saturated carbocycles. The Morgan fingerprint density at radius 2 is 2.23 bits per heavy atom. The van der Waals surface area contributed by atoms with E-state index in [1.54, 1.807) is 0 Å². The van der Waals surface area contributed by atoms with Crippen LogP contribution in [-0.4, -0.2) is 66.4 Å². The summed E-state index contributed by atoms with van der Waals surface area (Å²) in [5.41, 5.74) is 0. The highest BCUT2D eigenvalue weighted by Gasteiger charge is 2.23. The zero-order valence-electron chi connectivity index (χ0n) is 13.5. The zero-order chi connectivity index (χ0) is 15.9. The molecule has 22 heavy (non-hydrogen) atoms. The van der Waals surface area contributed by atoms with Crippen molar-refractivity contribution in [2.45, 2.75) is 32.4 Å². The van der Waals surface area contributed by atoms with Crippen LogP contribution in [0.2, 0.25) is 5.02 Å². The maximum atomic E-state index is 9.51. The van der Waals surface area contributed by atoms with Crippen LogP contribution >= 0.6 is 11.6 Å². The summed E-state index contributed by atoms with van der Waals surface area (Å²) >= 11 is 5.93. The number of hydrogen-bond donors (Lipinski definition) is 1. The van der Waals surface area contributed by atoms with Gasteiger partial charge in [-0.15, -0.1) is 0 Å². The minimum absolute atomic E-state index is 0.250. The highest BCUT2D eigenvalue weighted by Crippen LogP contribution is 2.17. The van der Waals surface area contributed by atoms with Crippen LogP contribution in [0.1, 0.15) is 20.3 Å². The van der Waals surface area contributed by atoms with E-state index in [0.717, 1.165) is 44.9 Å². The lowest BCUT2D eigenvalue weighted by Crippen LogP contribution is -2.53. The Labute approximate surface area is 138 Å². The van der Waals surface area contributed by atoms with Crippen LogP contribution in [0, 0.1) is 0 Å². The van der Waals surface area contributed by atoms with Gasteiger partial charge in [-0.2, -0.15) is 0 Å². The van der Waals surface area contributed by atoms with Crippen molar-refractivity contribution in [2.75, 3.05) is 39.3 Å². The summed E-state index contributed by atoms with van der Waals surface area (Å²) in [5.74, 6) is 0.836. The van der Waals surface area contributed by atoms with E-state index in [0.29, 0.717) is 17.7 Å². The minimum atomic E-state index is -0.250. The Kier molecular flexibility index (Phi) is 6.96. The summed E-state index contributed by atoms with van der Waals surface area (Å²) in [6.45, 7) is 9.77. The van der Waals surface area contributed by atoms with E-state index in [9.17, 15) is 5.11 Å². The molecule has 5 heteroatoms. The molecule has 1 aliphatic heterocycles. The summed E-state index contributed by atoms with van der Waals surface area (Å²) in [4.78, 5) is 4.84. The number of benzene rings is 1. The van der Waals surface area contributed by atoms with Gasteiger partial charge >= 0.3 is 0 Å². The number of rotatable bonds is 7. The third-order valence-electron chi connectivity index (χ3n) is 4.03. The molecular weight excluding hydrogens is 300 g/mol. The van der Waals surface area contributed by atoms with Gasteiger partial charge in [-0.3, -0.25) is 4.90 Å². The molecule has 0 spiro atoms. The van der Waals surface area contributed by atoms with Gasteiger partial charge in [-0.1, -0.05) is 17.7 Å². The maximum Gasteiger partial charge on any atom is 0.120 e. The van der Waals surface area contributed by atoms with E-state index in [2.05, 4.69) is 16.7 Å². The Balaban J connectivity index is 1.64. The van der Waals surface area contributed by atoms with E-state index in [-0.39, 0.29) is 6.10 Å². The molecule has 124 valence electrons. The molecule has 1 aliphatic rings. The smallest absolute Gasteiger partial charge is 0.120 e. The quantitative estimate of drug-likeness (QED) is 0.781. The number of halogens is 1. The topological polar surface area (TPSA) is 35.9 Å². The largest absolute Gasteiger partial charge is 0.493 e. The van der Waals surface area contributed by atoms with Crippen molar-refractivity contribution < 1.29 is 9.84 Å². The van der Waals surface area contributed by atoms with Crippen molar-refractivity contribution in [3.63, 3.8) is 0 Å². The number of nitrogens with zero attached hydrogens (tertiary/aromatic N) is 2. The summed E-state index contributed by atoms with van der Waals surface area (Å²) in [6, 6.07) is 8.03. The summed E-state index contributed by atoms with van der Waals surface area (Å²) in [7, 11) is 0. The Bertz CT molecular complexity index is 456. The number of hydrogen-bond acceptors (Lipinski definition) is 4. The van der Waals surface area contributed by atoms with Crippen molar-refractivity contribution in [1.82, 2.24) is 9.80 Å². The lowest BCUT2D eigenvalue weighted by Gasteiger charge is -2.40. The zero-order valence-corrected chi connectivity index (χ0v) is 14.3. The molecule has 1 fully saturated rings. The molecule has 0 unspecified atom stereocenters. The predicted molar refractivity (Wildman–Crippen MR) is 90.7 cm³/mol. The molecule has 4 nitrogen and oxygen atoms in total. The fourth-order valence-electron chi connectivity index (χ4n) is 2.92. The molecule has 0 aliphatic carbocycles. The minimum Gasteiger partial charge on any atom is -0.493 e. The number of ether oxygens (including phenoxy) is 1. The van der Waals surface area contributed by atoms with Crippen LogP contribution in [0.25, 0.3) is 0 Å². The molecule has 0 bridgehead atoms. The second kappa shape index (κ2) is 8.73. The van der Waals surface area contributed by atoms with Crippen LogP contribution in [-0.2, 0) is 0 Å². The predicted octanol–water partition coefficient (Wildman–Crippen LogP) is 2.50. The number of aliphatic hydroxyl groups is 1. The van der Waals surface area contributed by atoms with Crippen LogP contribution < -0.4 is 4.74 Å². The van der Waals surface area contributed by atoms with Crippen LogP contribution in [0.5, 0.6) is 5.75 Å². The third kappa shape index (κ3) is 5.76. The summed E-state index contributed by atoms with van der Waals surface area (Å²) in [6.07, 6.45) is 0.760. The van der Waals surface area contributed by atoms with Gasteiger partial charge in [0.05, 0.1) is 12.7 Å². The molecule has 2 rings (SSSR count). The molecule has 1 N–H and O–H groups in total. The van der Waals surface area contributed by atoms with Gasteiger partial charge in [0, 0.05) is 43.8 Å². The van der Waals surface area contributed by atoms with Crippen molar-refractivity contribution >= 4 is 11.6 Å². The first-order chi connectivity index (χ1) is 10.5. The number of β-amino-alcohol motifs (C(OH)–C–C–N with tert-alkyl or cyclic N) is 1. The average Bonchev–Trinajstić information content (AvgIpc) is 2.46. The van der Waals surface area contributed by atoms with Gasteiger partial charge in [0.15, 0.2) is 0 Å². The van der Waals surface area contributed by atoms with Gasteiger partial charge in [0.25, 0.3) is 0 Å². The lowest BCUT2D eigenvalue weighted by atomic mass is 10.1. The molecule has 0 radical (unpaired) electrons. The first-order valence-corrected chi connectivity index (χ1v) is 8.45. The molecular formula is C17H27ClN2O2. The van der Waals surface area contributed by atoms with Gasteiger partial charge in [0.1, 0.15) is 5.75 Å².